The number of nitrogens with zero attached hydrogens (tertiary/aromatic N) is 3. The van der Waals surface area contributed by atoms with Crippen molar-refractivity contribution in [1.82, 2.24) is 10.2 Å². The Morgan fingerprint density at radius 3 is 2.85 bits per heavy atom. The molecule has 0 N–H and O–H groups in total. The monoisotopic (exact) mass is 389 g/mol. The number of aryl methyl sites for hydroxylation is 1. The van der Waals surface area contributed by atoms with Crippen molar-refractivity contribution in [2.75, 3.05) is 17.2 Å². The summed E-state index contributed by atoms with van der Waals surface area (Å²) in [5, 5.41) is 8.68. The molecule has 4 rings (SSSR count). The highest BCUT2D eigenvalue weighted by Crippen LogP contribution is 2.28. The van der Waals surface area contributed by atoms with E-state index in [-0.39, 0.29) is 5.89 Å². The van der Waals surface area contributed by atoms with Gasteiger partial charge in [0.2, 0.25) is 15.7 Å². The number of para-hydroxylation sites is 1. The molecule has 0 saturated heterocycles. The molecule has 1 aliphatic heterocycles. The second kappa shape index (κ2) is 6.65. The lowest BCUT2D eigenvalue weighted by Crippen LogP contribution is -2.39. The van der Waals surface area contributed by atoms with Crippen LogP contribution in [0, 0.1) is 0 Å². The summed E-state index contributed by atoms with van der Waals surface area (Å²) in [7, 11) is -4.01. The SMILES string of the molecule is O=C(CS(=O)(=O)c1nnc(-c2cccs2)o1)N1CCCc2ccccc21. The Kier molecular flexibility index (Phi) is 4.33. The molecule has 0 atom stereocenters. The molecular formula is C17H15N3O4S2. The third-order valence-electron chi connectivity index (χ3n) is 4.13. The molecule has 3 heterocycles. The van der Waals surface area contributed by atoms with Crippen molar-refractivity contribution in [3.8, 4) is 10.8 Å². The number of amides is 1. The third kappa shape index (κ3) is 3.15. The van der Waals surface area contributed by atoms with Gasteiger partial charge in [0.15, 0.2) is 0 Å². The van der Waals surface area contributed by atoms with Gasteiger partial charge in [0.1, 0.15) is 5.75 Å². The molecule has 0 spiro atoms. The van der Waals surface area contributed by atoms with Crippen molar-refractivity contribution in [1.29, 1.82) is 0 Å². The molecule has 134 valence electrons. The number of benzene rings is 1. The van der Waals surface area contributed by atoms with Gasteiger partial charge in [-0.2, -0.15) is 0 Å². The van der Waals surface area contributed by atoms with Gasteiger partial charge in [0.05, 0.1) is 4.88 Å². The van der Waals surface area contributed by atoms with E-state index in [0.717, 1.165) is 24.1 Å². The molecule has 1 aromatic carbocycles. The molecule has 1 amide bonds. The van der Waals surface area contributed by atoms with Crippen molar-refractivity contribution in [3.63, 3.8) is 0 Å². The molecule has 2 aromatic heterocycles. The molecule has 1 aliphatic rings. The van der Waals surface area contributed by atoms with Gasteiger partial charge in [-0.25, -0.2) is 8.42 Å². The lowest BCUT2D eigenvalue weighted by molar-refractivity contribution is -0.116. The number of carbonyl (C=O) groups is 1. The maximum absolute atomic E-state index is 12.6. The van der Waals surface area contributed by atoms with Gasteiger partial charge in [-0.3, -0.25) is 4.79 Å². The summed E-state index contributed by atoms with van der Waals surface area (Å²) in [5.74, 6) is -1.06. The summed E-state index contributed by atoms with van der Waals surface area (Å²) in [6.07, 6.45) is 1.67. The zero-order valence-electron chi connectivity index (χ0n) is 13.7. The molecule has 9 heteroatoms. The average molecular weight is 389 g/mol. The Balaban J connectivity index is 1.56. The third-order valence-corrected chi connectivity index (χ3v) is 6.31. The van der Waals surface area contributed by atoms with Crippen molar-refractivity contribution in [2.24, 2.45) is 0 Å². The first-order chi connectivity index (χ1) is 12.5. The molecule has 0 unspecified atom stereocenters. The molecule has 3 aromatic rings. The van der Waals surface area contributed by atoms with Crippen molar-refractivity contribution < 1.29 is 17.6 Å². The van der Waals surface area contributed by atoms with Crippen LogP contribution >= 0.6 is 11.3 Å². The van der Waals surface area contributed by atoms with Gasteiger partial charge in [0.25, 0.3) is 5.89 Å². The minimum absolute atomic E-state index is 0.134. The van der Waals surface area contributed by atoms with Crippen LogP contribution in [0.2, 0.25) is 0 Å². The van der Waals surface area contributed by atoms with Crippen LogP contribution in [0.1, 0.15) is 12.0 Å². The number of thiophene rings is 1. The molecular weight excluding hydrogens is 374 g/mol. The fourth-order valence-corrected chi connectivity index (χ4v) is 4.55. The molecule has 0 radical (unpaired) electrons. The first kappa shape index (κ1) is 16.9. The second-order valence-corrected chi connectivity index (χ2v) is 8.70. The minimum Gasteiger partial charge on any atom is -0.407 e. The lowest BCUT2D eigenvalue weighted by atomic mass is 10.0. The van der Waals surface area contributed by atoms with E-state index in [1.807, 2.05) is 29.6 Å². The number of hydrogen-bond donors (Lipinski definition) is 0. The Morgan fingerprint density at radius 2 is 2.04 bits per heavy atom. The normalized spacial score (nSPS) is 14.2. The first-order valence-electron chi connectivity index (χ1n) is 8.03. The molecule has 0 fully saturated rings. The van der Waals surface area contributed by atoms with Crippen molar-refractivity contribution in [3.05, 3.63) is 47.3 Å². The maximum Gasteiger partial charge on any atom is 0.336 e. The summed E-state index contributed by atoms with van der Waals surface area (Å²) in [4.78, 5) is 14.8. The van der Waals surface area contributed by atoms with E-state index in [4.69, 9.17) is 4.42 Å². The number of aromatic nitrogens is 2. The molecule has 7 nitrogen and oxygen atoms in total. The molecule has 0 aliphatic carbocycles. The van der Waals surface area contributed by atoms with Crippen LogP contribution in [0.15, 0.2) is 51.4 Å². The quantitative estimate of drug-likeness (QED) is 0.681. The van der Waals surface area contributed by atoms with Crippen LogP contribution < -0.4 is 4.90 Å². The summed E-state index contributed by atoms with van der Waals surface area (Å²) in [5.41, 5.74) is 1.81. The topological polar surface area (TPSA) is 93.4 Å². The highest BCUT2D eigenvalue weighted by atomic mass is 32.2. The predicted octanol–water partition coefficient (Wildman–Crippen LogP) is 2.55. The van der Waals surface area contributed by atoms with E-state index in [0.29, 0.717) is 11.4 Å². The van der Waals surface area contributed by atoms with E-state index in [9.17, 15) is 13.2 Å². The Bertz CT molecular complexity index is 1040. The van der Waals surface area contributed by atoms with Crippen LogP contribution in [-0.2, 0) is 21.1 Å². The molecule has 26 heavy (non-hydrogen) atoms. The predicted molar refractivity (Wildman–Crippen MR) is 96.8 cm³/mol. The zero-order chi connectivity index (χ0) is 18.1. The lowest BCUT2D eigenvalue weighted by Gasteiger charge is -2.29. The standard InChI is InChI=1S/C17H15N3O4S2/c21-15(20-9-3-6-12-5-1-2-7-13(12)20)11-26(22,23)17-19-18-16(24-17)14-8-4-10-25-14/h1-2,4-5,7-8,10H,3,6,9,11H2. The highest BCUT2D eigenvalue weighted by molar-refractivity contribution is 7.91. The van der Waals surface area contributed by atoms with Gasteiger partial charge in [-0.05, 0) is 35.9 Å². The van der Waals surface area contributed by atoms with E-state index < -0.39 is 26.7 Å². The summed E-state index contributed by atoms with van der Waals surface area (Å²) in [6, 6.07) is 11.1. The van der Waals surface area contributed by atoms with Crippen LogP contribution in [0.3, 0.4) is 0 Å². The van der Waals surface area contributed by atoms with Crippen LogP contribution in [-0.4, -0.2) is 36.8 Å². The number of rotatable bonds is 4. The van der Waals surface area contributed by atoms with E-state index >= 15 is 0 Å². The maximum atomic E-state index is 12.6. The highest BCUT2D eigenvalue weighted by Gasteiger charge is 2.31. The first-order valence-corrected chi connectivity index (χ1v) is 10.6. The van der Waals surface area contributed by atoms with Crippen molar-refractivity contribution >= 4 is 32.8 Å². The smallest absolute Gasteiger partial charge is 0.336 e. The fourth-order valence-electron chi connectivity index (χ4n) is 2.93. The van der Waals surface area contributed by atoms with Gasteiger partial charge in [-0.15, -0.1) is 16.4 Å². The summed E-state index contributed by atoms with van der Waals surface area (Å²) >= 11 is 1.36. The van der Waals surface area contributed by atoms with Gasteiger partial charge in [-0.1, -0.05) is 29.4 Å². The largest absolute Gasteiger partial charge is 0.407 e. The fraction of sp³-hybridized carbons (Fsp3) is 0.235. The number of fused-ring (bicyclic) bond motifs is 1. The Morgan fingerprint density at radius 1 is 1.19 bits per heavy atom. The number of hydrogen-bond acceptors (Lipinski definition) is 7. The van der Waals surface area contributed by atoms with E-state index in [2.05, 4.69) is 10.2 Å². The number of sulfone groups is 1. The summed E-state index contributed by atoms with van der Waals surface area (Å²) in [6.45, 7) is 0.496. The van der Waals surface area contributed by atoms with Crippen LogP contribution in [0.5, 0.6) is 0 Å². The number of carbonyl (C=O) groups excluding carboxylic acids is 1. The molecule has 0 bridgehead atoms. The van der Waals surface area contributed by atoms with E-state index in [1.54, 1.807) is 12.1 Å². The Labute approximate surface area is 154 Å². The molecule has 0 saturated carbocycles. The summed E-state index contributed by atoms with van der Waals surface area (Å²) < 4.78 is 30.4. The van der Waals surface area contributed by atoms with Crippen LogP contribution in [0.25, 0.3) is 10.8 Å². The second-order valence-electron chi connectivity index (χ2n) is 5.89. The average Bonchev–Trinajstić information content (AvgIpc) is 3.32. The van der Waals surface area contributed by atoms with E-state index in [1.165, 1.54) is 16.2 Å². The minimum atomic E-state index is -4.01. The number of anilines is 1. The Hall–Kier alpha value is -2.52. The zero-order valence-corrected chi connectivity index (χ0v) is 15.3. The van der Waals surface area contributed by atoms with Gasteiger partial charge >= 0.3 is 5.22 Å². The van der Waals surface area contributed by atoms with Gasteiger partial charge < -0.3 is 9.32 Å². The van der Waals surface area contributed by atoms with Gasteiger partial charge in [0, 0.05) is 12.2 Å². The van der Waals surface area contributed by atoms with Crippen molar-refractivity contribution in [2.45, 2.75) is 18.1 Å². The van der Waals surface area contributed by atoms with Crippen LogP contribution in [0.4, 0.5) is 5.69 Å².